The zero-order chi connectivity index (χ0) is 15.1. The van der Waals surface area contributed by atoms with E-state index in [9.17, 15) is 0 Å². The zero-order valence-electron chi connectivity index (χ0n) is 14.9. The lowest BCUT2D eigenvalue weighted by Crippen LogP contribution is -2.45. The molecule has 2 aliphatic rings. The Morgan fingerprint density at radius 1 is 0.810 bits per heavy atom. The number of hydrogen-bond acceptors (Lipinski definition) is 1. The minimum atomic E-state index is 0.833. The predicted molar refractivity (Wildman–Crippen MR) is 93.6 cm³/mol. The number of hydrogen-bond donors (Lipinski definition) is 1. The fraction of sp³-hybridized carbons (Fsp3) is 1.00. The molecule has 0 radical (unpaired) electrons. The Balaban J connectivity index is 1.87. The first-order chi connectivity index (χ1) is 10.2. The average Bonchev–Trinajstić information content (AvgIpc) is 2.51. The standard InChI is InChI=1S/C20H39N/c1-4-6-17-9-13-19(14-10-17)20(21-15-5-2)18-11-7-16(3)8-12-18/h16-21H,4-15H2,1-3H3. The molecule has 0 aromatic carbocycles. The van der Waals surface area contributed by atoms with Crippen LogP contribution in [0, 0.1) is 23.7 Å². The molecule has 0 saturated heterocycles. The third-order valence-electron chi connectivity index (χ3n) is 6.29. The van der Waals surface area contributed by atoms with Crippen molar-refractivity contribution in [1.29, 1.82) is 0 Å². The molecule has 0 heterocycles. The van der Waals surface area contributed by atoms with Gasteiger partial charge in [0.1, 0.15) is 0 Å². The van der Waals surface area contributed by atoms with Crippen LogP contribution in [0.5, 0.6) is 0 Å². The van der Waals surface area contributed by atoms with Crippen molar-refractivity contribution in [1.82, 2.24) is 5.32 Å². The molecule has 21 heavy (non-hydrogen) atoms. The fourth-order valence-corrected chi connectivity index (χ4v) is 4.92. The first kappa shape index (κ1) is 17.3. The van der Waals surface area contributed by atoms with Gasteiger partial charge in [-0.15, -0.1) is 0 Å². The second kappa shape index (κ2) is 9.18. The van der Waals surface area contributed by atoms with Gasteiger partial charge in [0.15, 0.2) is 0 Å². The molecule has 1 unspecified atom stereocenters. The summed E-state index contributed by atoms with van der Waals surface area (Å²) < 4.78 is 0. The SMILES string of the molecule is CCCNC(C1CCC(C)CC1)C1CCC(CCC)CC1. The van der Waals surface area contributed by atoms with Crippen molar-refractivity contribution in [2.45, 2.75) is 97.4 Å². The Labute approximate surface area is 133 Å². The lowest BCUT2D eigenvalue weighted by Gasteiger charge is -2.41. The molecule has 0 aliphatic heterocycles. The van der Waals surface area contributed by atoms with Gasteiger partial charge in [0.25, 0.3) is 0 Å². The summed E-state index contributed by atoms with van der Waals surface area (Å²) in [6.45, 7) is 8.33. The molecule has 1 nitrogen and oxygen atoms in total. The van der Waals surface area contributed by atoms with E-state index in [1.807, 2.05) is 0 Å². The Bertz CT molecular complexity index is 259. The summed E-state index contributed by atoms with van der Waals surface area (Å²) in [5.41, 5.74) is 0. The van der Waals surface area contributed by atoms with E-state index >= 15 is 0 Å². The first-order valence-electron chi connectivity index (χ1n) is 9.97. The molecule has 0 spiro atoms. The van der Waals surface area contributed by atoms with Crippen LogP contribution in [-0.2, 0) is 0 Å². The molecule has 2 saturated carbocycles. The maximum atomic E-state index is 3.97. The molecule has 0 amide bonds. The van der Waals surface area contributed by atoms with E-state index in [4.69, 9.17) is 0 Å². The highest BCUT2D eigenvalue weighted by molar-refractivity contribution is 4.88. The van der Waals surface area contributed by atoms with E-state index in [1.165, 1.54) is 77.2 Å². The maximum Gasteiger partial charge on any atom is 0.0124 e. The van der Waals surface area contributed by atoms with Gasteiger partial charge in [0.2, 0.25) is 0 Å². The van der Waals surface area contributed by atoms with Crippen molar-refractivity contribution >= 4 is 0 Å². The normalized spacial score (nSPS) is 35.6. The van der Waals surface area contributed by atoms with Crippen LogP contribution in [0.15, 0.2) is 0 Å². The van der Waals surface area contributed by atoms with Gasteiger partial charge in [-0.1, -0.05) is 59.3 Å². The maximum absolute atomic E-state index is 3.97. The van der Waals surface area contributed by atoms with Crippen LogP contribution in [0.4, 0.5) is 0 Å². The highest BCUT2D eigenvalue weighted by Crippen LogP contribution is 2.39. The van der Waals surface area contributed by atoms with Crippen LogP contribution in [0.3, 0.4) is 0 Å². The quantitative estimate of drug-likeness (QED) is 0.626. The largest absolute Gasteiger partial charge is 0.313 e. The van der Waals surface area contributed by atoms with E-state index in [1.54, 1.807) is 0 Å². The number of rotatable bonds is 7. The highest BCUT2D eigenvalue weighted by atomic mass is 14.9. The summed E-state index contributed by atoms with van der Waals surface area (Å²) in [5.74, 6) is 3.97. The Kier molecular flexibility index (Phi) is 7.57. The van der Waals surface area contributed by atoms with Gasteiger partial charge in [-0.2, -0.15) is 0 Å². The third-order valence-corrected chi connectivity index (χ3v) is 6.29. The van der Waals surface area contributed by atoms with Gasteiger partial charge >= 0.3 is 0 Å². The molecule has 124 valence electrons. The lowest BCUT2D eigenvalue weighted by molar-refractivity contribution is 0.138. The second-order valence-corrected chi connectivity index (χ2v) is 8.07. The van der Waals surface area contributed by atoms with Gasteiger partial charge in [-0.3, -0.25) is 0 Å². The smallest absolute Gasteiger partial charge is 0.0124 e. The molecule has 0 aromatic heterocycles. The summed E-state index contributed by atoms with van der Waals surface area (Å²) in [7, 11) is 0. The van der Waals surface area contributed by atoms with E-state index in [0.29, 0.717) is 0 Å². The predicted octanol–water partition coefficient (Wildman–Crippen LogP) is 5.79. The van der Waals surface area contributed by atoms with E-state index in [0.717, 1.165) is 29.7 Å². The Hall–Kier alpha value is -0.0400. The Morgan fingerprint density at radius 3 is 1.90 bits per heavy atom. The summed E-state index contributed by atoms with van der Waals surface area (Å²) >= 11 is 0. The molecular weight excluding hydrogens is 254 g/mol. The molecule has 2 rings (SSSR count). The summed E-state index contributed by atoms with van der Waals surface area (Å²) in [5, 5.41) is 3.97. The van der Waals surface area contributed by atoms with Crippen LogP contribution < -0.4 is 5.32 Å². The Morgan fingerprint density at radius 2 is 1.38 bits per heavy atom. The van der Waals surface area contributed by atoms with Crippen molar-refractivity contribution in [3.63, 3.8) is 0 Å². The van der Waals surface area contributed by atoms with Crippen molar-refractivity contribution < 1.29 is 0 Å². The zero-order valence-corrected chi connectivity index (χ0v) is 14.9. The first-order valence-corrected chi connectivity index (χ1v) is 9.97. The van der Waals surface area contributed by atoms with E-state index in [-0.39, 0.29) is 0 Å². The second-order valence-electron chi connectivity index (χ2n) is 8.07. The molecule has 1 heteroatoms. The monoisotopic (exact) mass is 293 g/mol. The van der Waals surface area contributed by atoms with E-state index in [2.05, 4.69) is 26.1 Å². The van der Waals surface area contributed by atoms with Crippen LogP contribution in [0.1, 0.15) is 91.4 Å². The van der Waals surface area contributed by atoms with Gasteiger partial charge in [-0.05, 0) is 62.3 Å². The number of nitrogens with one attached hydrogen (secondary N) is 1. The van der Waals surface area contributed by atoms with Crippen molar-refractivity contribution in [3.8, 4) is 0 Å². The van der Waals surface area contributed by atoms with Crippen molar-refractivity contribution in [3.05, 3.63) is 0 Å². The summed E-state index contributed by atoms with van der Waals surface area (Å²) in [6, 6.07) is 0.833. The molecule has 1 N–H and O–H groups in total. The third kappa shape index (κ3) is 5.27. The van der Waals surface area contributed by atoms with Crippen LogP contribution >= 0.6 is 0 Å². The molecule has 0 bridgehead atoms. The van der Waals surface area contributed by atoms with Gasteiger partial charge in [0, 0.05) is 6.04 Å². The van der Waals surface area contributed by atoms with Gasteiger partial charge < -0.3 is 5.32 Å². The topological polar surface area (TPSA) is 12.0 Å². The minimum absolute atomic E-state index is 0.833. The fourth-order valence-electron chi connectivity index (χ4n) is 4.92. The molecular formula is C20H39N. The molecule has 2 aliphatic carbocycles. The minimum Gasteiger partial charge on any atom is -0.313 e. The summed E-state index contributed by atoms with van der Waals surface area (Å²) in [4.78, 5) is 0. The van der Waals surface area contributed by atoms with Crippen molar-refractivity contribution in [2.75, 3.05) is 6.54 Å². The van der Waals surface area contributed by atoms with Crippen molar-refractivity contribution in [2.24, 2.45) is 23.7 Å². The molecule has 2 fully saturated rings. The summed E-state index contributed by atoms with van der Waals surface area (Å²) in [6.07, 6.45) is 16.1. The van der Waals surface area contributed by atoms with E-state index < -0.39 is 0 Å². The molecule has 0 aromatic rings. The van der Waals surface area contributed by atoms with Crippen LogP contribution in [0.2, 0.25) is 0 Å². The van der Waals surface area contributed by atoms with Crippen LogP contribution in [0.25, 0.3) is 0 Å². The van der Waals surface area contributed by atoms with Gasteiger partial charge in [-0.25, -0.2) is 0 Å². The van der Waals surface area contributed by atoms with Crippen LogP contribution in [-0.4, -0.2) is 12.6 Å². The van der Waals surface area contributed by atoms with Gasteiger partial charge in [0.05, 0.1) is 0 Å². The lowest BCUT2D eigenvalue weighted by atomic mass is 9.70. The molecule has 1 atom stereocenters. The highest BCUT2D eigenvalue weighted by Gasteiger charge is 2.33. The average molecular weight is 294 g/mol.